The molecule has 0 aliphatic carbocycles. The average molecular weight is 585 g/mol. The molecule has 0 fully saturated rings. The number of carbonyl (C=O) groups is 1. The monoisotopic (exact) mass is 584 g/mol. The third kappa shape index (κ3) is 5.24. The van der Waals surface area contributed by atoms with Gasteiger partial charge < -0.3 is 15.5 Å². The van der Waals surface area contributed by atoms with Crippen LogP contribution in [0.15, 0.2) is 83.3 Å². The molecule has 1 heterocycles. The van der Waals surface area contributed by atoms with Crippen molar-refractivity contribution in [1.82, 2.24) is 5.32 Å². The Morgan fingerprint density at radius 3 is 2.24 bits per heavy atom. The molecule has 5 aromatic rings. The SMILES string of the molecule is CNC(=O)c1c(-c2ccc(F)cc2)oc2cc(N(C)S(C)(=O)=O)c(-c3ccc(N)c(C(=N)c4ccc(C)cc4)c3)cc12. The molecule has 0 radical (unpaired) electrons. The molecule has 0 aliphatic rings. The summed E-state index contributed by atoms with van der Waals surface area (Å²) in [6, 6.07) is 21.5. The molecule has 0 aliphatic heterocycles. The lowest BCUT2D eigenvalue weighted by atomic mass is 9.94. The molecular weight excluding hydrogens is 555 g/mol. The van der Waals surface area contributed by atoms with Gasteiger partial charge in [0.15, 0.2) is 0 Å². The topological polar surface area (TPSA) is 129 Å². The van der Waals surface area contributed by atoms with E-state index in [1.807, 2.05) is 31.2 Å². The lowest BCUT2D eigenvalue weighted by molar-refractivity contribution is 0.0964. The summed E-state index contributed by atoms with van der Waals surface area (Å²) in [4.78, 5) is 13.1. The highest BCUT2D eigenvalue weighted by Crippen LogP contribution is 2.42. The van der Waals surface area contributed by atoms with E-state index in [9.17, 15) is 17.6 Å². The van der Waals surface area contributed by atoms with E-state index in [1.54, 1.807) is 30.3 Å². The lowest BCUT2D eigenvalue weighted by Gasteiger charge is -2.21. The number of halogens is 1. The van der Waals surface area contributed by atoms with Crippen LogP contribution in [-0.4, -0.2) is 40.4 Å². The number of amides is 1. The molecule has 0 saturated heterocycles. The van der Waals surface area contributed by atoms with E-state index in [0.717, 1.165) is 16.1 Å². The number of nitrogens with one attached hydrogen (secondary N) is 2. The van der Waals surface area contributed by atoms with Crippen molar-refractivity contribution >= 4 is 44.0 Å². The van der Waals surface area contributed by atoms with Gasteiger partial charge in [-0.3, -0.25) is 14.5 Å². The number of nitrogens with two attached hydrogens (primary N) is 1. The van der Waals surface area contributed by atoms with Crippen molar-refractivity contribution in [2.24, 2.45) is 0 Å². The van der Waals surface area contributed by atoms with Gasteiger partial charge in [-0.2, -0.15) is 0 Å². The fraction of sp³-hybridized carbons (Fsp3) is 0.125. The second-order valence-corrected chi connectivity index (χ2v) is 12.0. The number of rotatable bonds is 7. The first-order valence-corrected chi connectivity index (χ1v) is 14.8. The maximum absolute atomic E-state index is 13.7. The molecule has 4 aromatic carbocycles. The van der Waals surface area contributed by atoms with Crippen molar-refractivity contribution in [3.05, 3.63) is 107 Å². The second kappa shape index (κ2) is 10.8. The number of benzene rings is 4. The normalized spacial score (nSPS) is 11.5. The summed E-state index contributed by atoms with van der Waals surface area (Å²) in [5, 5.41) is 11.9. The van der Waals surface area contributed by atoms with Gasteiger partial charge in [-0.15, -0.1) is 0 Å². The fourth-order valence-corrected chi connectivity index (χ4v) is 5.28. The summed E-state index contributed by atoms with van der Waals surface area (Å²) < 4.78 is 46.4. The number of nitrogens with zero attached hydrogens (tertiary/aromatic N) is 1. The zero-order chi connectivity index (χ0) is 30.3. The third-order valence-corrected chi connectivity index (χ3v) is 8.37. The Hall–Kier alpha value is -4.96. The average Bonchev–Trinajstić information content (AvgIpc) is 3.34. The maximum atomic E-state index is 13.7. The van der Waals surface area contributed by atoms with Gasteiger partial charge in [0.05, 0.1) is 23.2 Å². The molecule has 0 bridgehead atoms. The fourth-order valence-electron chi connectivity index (χ4n) is 4.77. The second-order valence-electron chi connectivity index (χ2n) is 10.0. The highest BCUT2D eigenvalue weighted by molar-refractivity contribution is 7.92. The highest BCUT2D eigenvalue weighted by atomic mass is 32.2. The van der Waals surface area contributed by atoms with Crippen LogP contribution in [0.1, 0.15) is 27.0 Å². The van der Waals surface area contributed by atoms with Crippen molar-refractivity contribution in [2.75, 3.05) is 30.4 Å². The van der Waals surface area contributed by atoms with Crippen molar-refractivity contribution in [3.8, 4) is 22.5 Å². The summed E-state index contributed by atoms with van der Waals surface area (Å²) >= 11 is 0. The van der Waals surface area contributed by atoms with E-state index in [1.165, 1.54) is 38.4 Å². The minimum atomic E-state index is -3.71. The molecule has 1 aromatic heterocycles. The van der Waals surface area contributed by atoms with Crippen molar-refractivity contribution in [1.29, 1.82) is 5.41 Å². The van der Waals surface area contributed by atoms with Crippen LogP contribution in [0.25, 0.3) is 33.4 Å². The zero-order valence-corrected chi connectivity index (χ0v) is 24.3. The first-order valence-electron chi connectivity index (χ1n) is 13.0. The van der Waals surface area contributed by atoms with E-state index >= 15 is 0 Å². The molecule has 214 valence electrons. The van der Waals surface area contributed by atoms with Crippen LogP contribution in [0.2, 0.25) is 0 Å². The van der Waals surface area contributed by atoms with Crippen LogP contribution in [-0.2, 0) is 10.0 Å². The van der Waals surface area contributed by atoms with Gasteiger partial charge in [0.2, 0.25) is 10.0 Å². The van der Waals surface area contributed by atoms with Gasteiger partial charge in [0, 0.05) is 53.5 Å². The van der Waals surface area contributed by atoms with Crippen LogP contribution in [0.3, 0.4) is 0 Å². The zero-order valence-electron chi connectivity index (χ0n) is 23.4. The standard InChI is InChI=1S/C32H29FN4O4S/c1-18-5-7-19(8-6-18)30(35)24-15-21(11-14-26(24)34)23-16-25-28(17-27(23)37(3)42(4,39)40)41-31(29(25)32(38)36-2)20-9-12-22(33)13-10-20/h5-17,35H,34H2,1-4H3,(H,36,38). The van der Waals surface area contributed by atoms with Crippen molar-refractivity contribution in [3.63, 3.8) is 0 Å². The molecule has 0 saturated carbocycles. The number of sulfonamides is 1. The third-order valence-electron chi connectivity index (χ3n) is 7.18. The van der Waals surface area contributed by atoms with Crippen molar-refractivity contribution < 1.29 is 22.0 Å². The Bertz CT molecular complexity index is 1970. The summed E-state index contributed by atoms with van der Waals surface area (Å²) in [6.07, 6.45) is 1.09. The minimum Gasteiger partial charge on any atom is -0.455 e. The number of anilines is 2. The molecule has 5 rings (SSSR count). The van der Waals surface area contributed by atoms with Crippen LogP contribution in [0.4, 0.5) is 15.8 Å². The van der Waals surface area contributed by atoms with Gasteiger partial charge in [0.25, 0.3) is 5.91 Å². The number of carbonyl (C=O) groups excluding carboxylic acids is 1. The first kappa shape index (κ1) is 28.6. The largest absolute Gasteiger partial charge is 0.455 e. The van der Waals surface area contributed by atoms with Crippen LogP contribution < -0.4 is 15.4 Å². The van der Waals surface area contributed by atoms with Gasteiger partial charge in [0.1, 0.15) is 17.2 Å². The van der Waals surface area contributed by atoms with E-state index in [-0.39, 0.29) is 22.6 Å². The van der Waals surface area contributed by atoms with Crippen LogP contribution in [0, 0.1) is 18.2 Å². The molecule has 8 nitrogen and oxygen atoms in total. The summed E-state index contributed by atoms with van der Waals surface area (Å²) in [6.45, 7) is 1.96. The molecule has 0 unspecified atom stereocenters. The van der Waals surface area contributed by atoms with Crippen LogP contribution >= 0.6 is 0 Å². The number of hydrogen-bond donors (Lipinski definition) is 3. The number of nitrogen functional groups attached to an aromatic ring is 1. The van der Waals surface area contributed by atoms with Gasteiger partial charge in [-0.25, -0.2) is 12.8 Å². The lowest BCUT2D eigenvalue weighted by Crippen LogP contribution is -2.25. The number of fused-ring (bicyclic) bond motifs is 1. The van der Waals surface area contributed by atoms with Gasteiger partial charge in [-0.05, 0) is 55.0 Å². The molecule has 0 spiro atoms. The number of aryl methyl sites for hydroxylation is 1. The summed E-state index contributed by atoms with van der Waals surface area (Å²) in [5.41, 5.74) is 11.4. The molecule has 10 heteroatoms. The Kier molecular flexibility index (Phi) is 7.34. The van der Waals surface area contributed by atoms with E-state index in [2.05, 4.69) is 5.32 Å². The van der Waals surface area contributed by atoms with Crippen LogP contribution in [0.5, 0.6) is 0 Å². The van der Waals surface area contributed by atoms with E-state index in [4.69, 9.17) is 15.6 Å². The molecular formula is C32H29FN4O4S. The molecule has 42 heavy (non-hydrogen) atoms. The predicted octanol–water partition coefficient (Wildman–Crippen LogP) is 5.97. The Balaban J connectivity index is 1.78. The Morgan fingerprint density at radius 2 is 1.62 bits per heavy atom. The first-order chi connectivity index (χ1) is 19.9. The Morgan fingerprint density at radius 1 is 0.976 bits per heavy atom. The molecule has 4 N–H and O–H groups in total. The Labute approximate surface area is 243 Å². The summed E-state index contributed by atoms with van der Waals surface area (Å²) in [5.74, 6) is -0.651. The van der Waals surface area contributed by atoms with Crippen molar-refractivity contribution in [2.45, 2.75) is 6.92 Å². The molecule has 0 atom stereocenters. The molecule has 1 amide bonds. The van der Waals surface area contributed by atoms with Gasteiger partial charge >= 0.3 is 0 Å². The maximum Gasteiger partial charge on any atom is 0.255 e. The highest BCUT2D eigenvalue weighted by Gasteiger charge is 2.26. The minimum absolute atomic E-state index is 0.210. The smallest absolute Gasteiger partial charge is 0.255 e. The summed E-state index contributed by atoms with van der Waals surface area (Å²) in [7, 11) is -0.796. The van der Waals surface area contributed by atoms with E-state index in [0.29, 0.717) is 44.6 Å². The number of hydrogen-bond acceptors (Lipinski definition) is 6. The number of furan rings is 1. The predicted molar refractivity (Wildman–Crippen MR) is 165 cm³/mol. The quantitative estimate of drug-likeness (QED) is 0.160. The van der Waals surface area contributed by atoms with Gasteiger partial charge in [-0.1, -0.05) is 35.9 Å². The van der Waals surface area contributed by atoms with E-state index < -0.39 is 21.7 Å².